The van der Waals surface area contributed by atoms with E-state index in [0.717, 1.165) is 11.5 Å². The first-order chi connectivity index (χ1) is 9.26. The van der Waals surface area contributed by atoms with Gasteiger partial charge in [0.25, 0.3) is 0 Å². The number of aliphatic hydroxyl groups excluding tert-OH is 1. The van der Waals surface area contributed by atoms with E-state index < -0.39 is 0 Å². The Kier molecular flexibility index (Phi) is 7.43. The van der Waals surface area contributed by atoms with Crippen LogP contribution in [0.2, 0.25) is 0 Å². The Labute approximate surface area is 113 Å². The van der Waals surface area contributed by atoms with E-state index in [4.69, 9.17) is 14.6 Å². The van der Waals surface area contributed by atoms with Crippen LogP contribution in [-0.4, -0.2) is 37.9 Å². The molecule has 0 spiro atoms. The molecule has 19 heavy (non-hydrogen) atoms. The molecule has 0 aromatic heterocycles. The fourth-order valence-electron chi connectivity index (χ4n) is 1.49. The Bertz CT molecular complexity index is 364. The van der Waals surface area contributed by atoms with E-state index in [1.54, 1.807) is 7.11 Å². The van der Waals surface area contributed by atoms with Crippen molar-refractivity contribution in [1.82, 2.24) is 5.32 Å². The molecular formula is C14H21NO4. The number of amides is 1. The topological polar surface area (TPSA) is 67.8 Å². The third-order valence-corrected chi connectivity index (χ3v) is 2.53. The molecule has 5 nitrogen and oxygen atoms in total. The molecule has 0 atom stereocenters. The highest BCUT2D eigenvalue weighted by Gasteiger charge is 2.01. The van der Waals surface area contributed by atoms with Gasteiger partial charge in [-0.1, -0.05) is 0 Å². The summed E-state index contributed by atoms with van der Waals surface area (Å²) in [5.41, 5.74) is 0. The Hall–Kier alpha value is -1.75. The molecule has 5 heteroatoms. The van der Waals surface area contributed by atoms with Gasteiger partial charge in [-0.25, -0.2) is 0 Å². The quantitative estimate of drug-likeness (QED) is 0.663. The average Bonchev–Trinajstić information content (AvgIpc) is 2.44. The van der Waals surface area contributed by atoms with Gasteiger partial charge in [-0.3, -0.25) is 4.79 Å². The highest BCUT2D eigenvalue weighted by Crippen LogP contribution is 2.17. The van der Waals surface area contributed by atoms with Gasteiger partial charge in [0.15, 0.2) is 0 Å². The maximum absolute atomic E-state index is 11.3. The summed E-state index contributed by atoms with van der Waals surface area (Å²) < 4.78 is 10.6. The van der Waals surface area contributed by atoms with Gasteiger partial charge in [-0.2, -0.15) is 0 Å². The molecule has 0 saturated heterocycles. The average molecular weight is 267 g/mol. The van der Waals surface area contributed by atoms with Crippen LogP contribution in [0.25, 0.3) is 0 Å². The second-order valence-electron chi connectivity index (χ2n) is 4.05. The van der Waals surface area contributed by atoms with Gasteiger partial charge in [-0.05, 0) is 37.1 Å². The van der Waals surface area contributed by atoms with Gasteiger partial charge >= 0.3 is 0 Å². The van der Waals surface area contributed by atoms with Crippen molar-refractivity contribution in [2.45, 2.75) is 19.3 Å². The molecule has 0 saturated carbocycles. The smallest absolute Gasteiger partial charge is 0.220 e. The van der Waals surface area contributed by atoms with Crippen LogP contribution in [0.3, 0.4) is 0 Å². The molecule has 0 unspecified atom stereocenters. The summed E-state index contributed by atoms with van der Waals surface area (Å²) in [7, 11) is 1.62. The summed E-state index contributed by atoms with van der Waals surface area (Å²) in [6, 6.07) is 7.33. The van der Waals surface area contributed by atoms with Crippen molar-refractivity contribution in [2.24, 2.45) is 0 Å². The van der Waals surface area contributed by atoms with Gasteiger partial charge in [-0.15, -0.1) is 0 Å². The Morgan fingerprint density at radius 2 is 1.89 bits per heavy atom. The molecule has 0 fully saturated rings. The number of rotatable bonds is 9. The minimum atomic E-state index is -0.00761. The van der Waals surface area contributed by atoms with E-state index >= 15 is 0 Å². The van der Waals surface area contributed by atoms with Crippen LogP contribution in [0.1, 0.15) is 19.3 Å². The number of nitrogens with one attached hydrogen (secondary N) is 1. The lowest BCUT2D eigenvalue weighted by molar-refractivity contribution is -0.121. The van der Waals surface area contributed by atoms with Crippen LogP contribution in [0.5, 0.6) is 11.5 Å². The second-order valence-corrected chi connectivity index (χ2v) is 4.05. The number of hydrogen-bond donors (Lipinski definition) is 2. The lowest BCUT2D eigenvalue weighted by atomic mass is 10.3. The largest absolute Gasteiger partial charge is 0.497 e. The summed E-state index contributed by atoms with van der Waals surface area (Å²) >= 11 is 0. The first-order valence-electron chi connectivity index (χ1n) is 6.40. The number of hydrogen-bond acceptors (Lipinski definition) is 4. The van der Waals surface area contributed by atoms with Crippen LogP contribution >= 0.6 is 0 Å². The third kappa shape index (κ3) is 6.67. The van der Waals surface area contributed by atoms with Crippen molar-refractivity contribution in [1.29, 1.82) is 0 Å². The van der Waals surface area contributed by atoms with Crippen LogP contribution in [0, 0.1) is 0 Å². The van der Waals surface area contributed by atoms with E-state index in [2.05, 4.69) is 5.32 Å². The van der Waals surface area contributed by atoms with Crippen LogP contribution < -0.4 is 14.8 Å². The molecule has 1 aromatic carbocycles. The van der Waals surface area contributed by atoms with Crippen molar-refractivity contribution in [3.63, 3.8) is 0 Å². The molecule has 0 aliphatic rings. The number of benzene rings is 1. The van der Waals surface area contributed by atoms with E-state index in [1.165, 1.54) is 0 Å². The summed E-state index contributed by atoms with van der Waals surface area (Å²) in [5, 5.41) is 11.3. The predicted octanol–water partition coefficient (Wildman–Crippen LogP) is 1.35. The van der Waals surface area contributed by atoms with Gasteiger partial charge in [0.2, 0.25) is 5.91 Å². The summed E-state index contributed by atoms with van der Waals surface area (Å²) in [6.45, 7) is 1.12. The van der Waals surface area contributed by atoms with Crippen molar-refractivity contribution in [2.75, 3.05) is 26.9 Å². The zero-order valence-corrected chi connectivity index (χ0v) is 11.2. The van der Waals surface area contributed by atoms with Crippen molar-refractivity contribution >= 4 is 5.91 Å². The molecule has 0 aliphatic heterocycles. The Balaban J connectivity index is 2.11. The number of ether oxygens (including phenoxy) is 2. The van der Waals surface area contributed by atoms with Crippen LogP contribution in [0.4, 0.5) is 0 Å². The lowest BCUT2D eigenvalue weighted by Gasteiger charge is -2.07. The highest BCUT2D eigenvalue weighted by atomic mass is 16.5. The Morgan fingerprint density at radius 1 is 1.21 bits per heavy atom. The normalized spacial score (nSPS) is 10.0. The molecule has 106 valence electrons. The maximum atomic E-state index is 11.3. The van der Waals surface area contributed by atoms with E-state index in [-0.39, 0.29) is 12.5 Å². The van der Waals surface area contributed by atoms with E-state index in [1.807, 2.05) is 24.3 Å². The van der Waals surface area contributed by atoms with E-state index in [0.29, 0.717) is 32.4 Å². The number of carbonyl (C=O) groups is 1. The summed E-state index contributed by atoms with van der Waals surface area (Å²) in [4.78, 5) is 11.3. The Morgan fingerprint density at radius 3 is 2.53 bits per heavy atom. The zero-order chi connectivity index (χ0) is 13.9. The van der Waals surface area contributed by atoms with Gasteiger partial charge in [0, 0.05) is 19.6 Å². The number of methoxy groups -OCH3 is 1. The standard InChI is InChI=1S/C14H21NO4/c1-18-12-5-7-13(8-6-12)19-11-2-4-14(17)15-9-3-10-16/h5-8,16H,2-4,9-11H2,1H3,(H,15,17). The minimum Gasteiger partial charge on any atom is -0.497 e. The molecular weight excluding hydrogens is 246 g/mol. The molecule has 1 amide bonds. The molecule has 0 radical (unpaired) electrons. The van der Waals surface area contributed by atoms with Gasteiger partial charge < -0.3 is 19.9 Å². The predicted molar refractivity (Wildman–Crippen MR) is 72.4 cm³/mol. The first kappa shape index (κ1) is 15.3. The van der Waals surface area contributed by atoms with Crippen molar-refractivity contribution < 1.29 is 19.4 Å². The fourth-order valence-corrected chi connectivity index (χ4v) is 1.49. The molecule has 2 N–H and O–H groups in total. The van der Waals surface area contributed by atoms with Gasteiger partial charge in [0.05, 0.1) is 13.7 Å². The highest BCUT2D eigenvalue weighted by molar-refractivity contribution is 5.75. The zero-order valence-electron chi connectivity index (χ0n) is 11.2. The fraction of sp³-hybridized carbons (Fsp3) is 0.500. The van der Waals surface area contributed by atoms with Gasteiger partial charge in [0.1, 0.15) is 11.5 Å². The summed E-state index contributed by atoms with van der Waals surface area (Å²) in [6.07, 6.45) is 1.69. The maximum Gasteiger partial charge on any atom is 0.220 e. The second kappa shape index (κ2) is 9.22. The third-order valence-electron chi connectivity index (χ3n) is 2.53. The molecule has 0 bridgehead atoms. The van der Waals surface area contributed by atoms with Crippen LogP contribution in [-0.2, 0) is 4.79 Å². The molecule has 1 aromatic rings. The molecule has 0 aliphatic carbocycles. The monoisotopic (exact) mass is 267 g/mol. The van der Waals surface area contributed by atoms with Crippen molar-refractivity contribution in [3.05, 3.63) is 24.3 Å². The summed E-state index contributed by atoms with van der Waals surface area (Å²) in [5.74, 6) is 1.55. The van der Waals surface area contributed by atoms with Crippen LogP contribution in [0.15, 0.2) is 24.3 Å². The lowest BCUT2D eigenvalue weighted by Crippen LogP contribution is -2.25. The number of carbonyl (C=O) groups excluding carboxylic acids is 1. The van der Waals surface area contributed by atoms with E-state index in [9.17, 15) is 4.79 Å². The molecule has 1 rings (SSSR count). The first-order valence-corrected chi connectivity index (χ1v) is 6.40. The molecule has 0 heterocycles. The minimum absolute atomic E-state index is 0.00761. The SMILES string of the molecule is COc1ccc(OCCCC(=O)NCCCO)cc1. The van der Waals surface area contributed by atoms with Crippen molar-refractivity contribution in [3.8, 4) is 11.5 Å². The number of aliphatic hydroxyl groups is 1.